The smallest absolute Gasteiger partial charge is 0.147 e. The average Bonchev–Trinajstić information content (AvgIpc) is 3.09. The highest BCUT2D eigenvalue weighted by atomic mass is 15.2. The molecule has 1 aromatic heterocycles. The van der Waals surface area contributed by atoms with Crippen LogP contribution in [0.25, 0.3) is 0 Å². The Bertz CT molecular complexity index is 509. The third-order valence-corrected chi connectivity index (χ3v) is 4.53. The fraction of sp³-hybridized carbons (Fsp3) is 0.625. The number of fused-ring (bicyclic) bond motifs is 1. The van der Waals surface area contributed by atoms with Crippen LogP contribution in [-0.4, -0.2) is 17.6 Å². The second kappa shape index (κ2) is 5.21. The number of nitriles is 1. The van der Waals surface area contributed by atoms with Gasteiger partial charge in [-0.2, -0.15) is 5.26 Å². The van der Waals surface area contributed by atoms with E-state index in [9.17, 15) is 5.26 Å². The Morgan fingerprint density at radius 3 is 2.79 bits per heavy atom. The van der Waals surface area contributed by atoms with E-state index in [2.05, 4.69) is 24.0 Å². The van der Waals surface area contributed by atoms with Crippen molar-refractivity contribution in [2.75, 3.05) is 11.4 Å². The minimum Gasteiger partial charge on any atom is -0.353 e. The molecule has 0 unspecified atom stereocenters. The summed E-state index contributed by atoms with van der Waals surface area (Å²) in [6.45, 7) is 3.12. The summed E-state index contributed by atoms with van der Waals surface area (Å²) in [5, 5.41) is 9.42. The predicted octanol–water partition coefficient (Wildman–Crippen LogP) is 3.21. The van der Waals surface area contributed by atoms with E-state index in [4.69, 9.17) is 4.98 Å². The molecule has 3 rings (SSSR count). The second-order valence-electron chi connectivity index (χ2n) is 5.66. The van der Waals surface area contributed by atoms with Crippen LogP contribution in [0.3, 0.4) is 0 Å². The summed E-state index contributed by atoms with van der Waals surface area (Å²) in [5.74, 6) is 0.942. The van der Waals surface area contributed by atoms with Crippen molar-refractivity contribution < 1.29 is 0 Å². The van der Waals surface area contributed by atoms with E-state index in [0.29, 0.717) is 6.04 Å². The molecule has 1 fully saturated rings. The molecule has 0 bridgehead atoms. The minimum absolute atomic E-state index is 0.587. The van der Waals surface area contributed by atoms with Gasteiger partial charge in [-0.25, -0.2) is 4.98 Å². The van der Waals surface area contributed by atoms with Crippen LogP contribution in [0.15, 0.2) is 6.07 Å². The Labute approximate surface area is 115 Å². The molecule has 0 N–H and O–H groups in total. The van der Waals surface area contributed by atoms with E-state index in [1.807, 2.05) is 0 Å². The number of aromatic nitrogens is 1. The zero-order valence-corrected chi connectivity index (χ0v) is 11.7. The van der Waals surface area contributed by atoms with Crippen molar-refractivity contribution in [1.29, 1.82) is 5.26 Å². The molecule has 3 nitrogen and oxygen atoms in total. The van der Waals surface area contributed by atoms with Gasteiger partial charge in [-0.1, -0.05) is 12.8 Å². The first-order valence-electron chi connectivity index (χ1n) is 7.53. The van der Waals surface area contributed by atoms with E-state index in [-0.39, 0.29) is 0 Å². The lowest BCUT2D eigenvalue weighted by molar-refractivity contribution is 0.611. The quantitative estimate of drug-likeness (QED) is 0.832. The first-order valence-corrected chi connectivity index (χ1v) is 7.53. The van der Waals surface area contributed by atoms with Crippen LogP contribution in [0.1, 0.15) is 55.8 Å². The third kappa shape index (κ3) is 2.20. The van der Waals surface area contributed by atoms with Gasteiger partial charge in [-0.3, -0.25) is 0 Å². The first-order chi connectivity index (χ1) is 9.33. The zero-order chi connectivity index (χ0) is 13.2. The van der Waals surface area contributed by atoms with Gasteiger partial charge in [0.1, 0.15) is 11.9 Å². The van der Waals surface area contributed by atoms with Gasteiger partial charge in [-0.15, -0.1) is 0 Å². The molecular weight excluding hydrogens is 234 g/mol. The standard InChI is InChI=1S/C16H21N3/c1-2-19(14-7-3-4-8-14)16-13(11-17)10-12-6-5-9-15(12)18-16/h10,14H,2-9H2,1H3. The molecule has 1 saturated carbocycles. The van der Waals surface area contributed by atoms with Crippen molar-refractivity contribution in [2.24, 2.45) is 0 Å². The summed E-state index contributed by atoms with van der Waals surface area (Å²) in [5.41, 5.74) is 3.29. The lowest BCUT2D eigenvalue weighted by Gasteiger charge is -2.30. The maximum atomic E-state index is 9.42. The molecule has 0 amide bonds. The highest BCUT2D eigenvalue weighted by Gasteiger charge is 2.26. The van der Waals surface area contributed by atoms with Crippen LogP contribution >= 0.6 is 0 Å². The summed E-state index contributed by atoms with van der Waals surface area (Å²) in [6, 6.07) is 5.03. The van der Waals surface area contributed by atoms with Gasteiger partial charge in [0.25, 0.3) is 0 Å². The normalized spacial score (nSPS) is 18.3. The average molecular weight is 255 g/mol. The van der Waals surface area contributed by atoms with E-state index in [1.165, 1.54) is 43.4 Å². The maximum absolute atomic E-state index is 9.42. The number of rotatable bonds is 3. The van der Waals surface area contributed by atoms with E-state index in [0.717, 1.165) is 30.8 Å². The third-order valence-electron chi connectivity index (χ3n) is 4.53. The van der Waals surface area contributed by atoms with Gasteiger partial charge >= 0.3 is 0 Å². The van der Waals surface area contributed by atoms with Crippen LogP contribution < -0.4 is 4.90 Å². The lowest BCUT2D eigenvalue weighted by atomic mass is 10.1. The van der Waals surface area contributed by atoms with Crippen LogP contribution in [-0.2, 0) is 12.8 Å². The lowest BCUT2D eigenvalue weighted by Crippen LogP contribution is -2.34. The van der Waals surface area contributed by atoms with Gasteiger partial charge in [-0.05, 0) is 50.7 Å². The predicted molar refractivity (Wildman–Crippen MR) is 76.3 cm³/mol. The Kier molecular flexibility index (Phi) is 3.42. The topological polar surface area (TPSA) is 39.9 Å². The molecule has 0 saturated heterocycles. The van der Waals surface area contributed by atoms with Crippen molar-refractivity contribution in [2.45, 2.75) is 57.9 Å². The van der Waals surface area contributed by atoms with Gasteiger partial charge in [0.05, 0.1) is 5.56 Å². The van der Waals surface area contributed by atoms with Crippen molar-refractivity contribution in [3.05, 3.63) is 22.9 Å². The highest BCUT2D eigenvalue weighted by molar-refractivity contribution is 5.57. The SMILES string of the molecule is CCN(c1nc2c(cc1C#N)CCC2)C1CCCC1. The van der Waals surface area contributed by atoms with Gasteiger partial charge < -0.3 is 4.90 Å². The molecule has 2 aliphatic rings. The Balaban J connectivity index is 2.00. The molecule has 100 valence electrons. The zero-order valence-electron chi connectivity index (χ0n) is 11.7. The van der Waals surface area contributed by atoms with Crippen LogP contribution in [0.4, 0.5) is 5.82 Å². The van der Waals surface area contributed by atoms with Crippen molar-refractivity contribution in [1.82, 2.24) is 4.98 Å². The second-order valence-corrected chi connectivity index (χ2v) is 5.66. The van der Waals surface area contributed by atoms with Gasteiger partial charge in [0.2, 0.25) is 0 Å². The molecule has 0 aromatic carbocycles. The number of hydrogen-bond donors (Lipinski definition) is 0. The number of nitrogens with zero attached hydrogens (tertiary/aromatic N) is 3. The molecule has 0 aliphatic heterocycles. The monoisotopic (exact) mass is 255 g/mol. The van der Waals surface area contributed by atoms with Gasteiger partial charge in [0.15, 0.2) is 0 Å². The van der Waals surface area contributed by atoms with Crippen molar-refractivity contribution in [3.8, 4) is 6.07 Å². The van der Waals surface area contributed by atoms with Crippen molar-refractivity contribution in [3.63, 3.8) is 0 Å². The van der Waals surface area contributed by atoms with Crippen molar-refractivity contribution >= 4 is 5.82 Å². The maximum Gasteiger partial charge on any atom is 0.147 e. The molecule has 1 aromatic rings. The highest BCUT2D eigenvalue weighted by Crippen LogP contribution is 2.32. The molecule has 19 heavy (non-hydrogen) atoms. The number of aryl methyl sites for hydroxylation is 2. The Morgan fingerprint density at radius 1 is 1.32 bits per heavy atom. The molecule has 0 spiro atoms. The summed E-state index contributed by atoms with van der Waals surface area (Å²) in [7, 11) is 0. The summed E-state index contributed by atoms with van der Waals surface area (Å²) in [6.07, 6.45) is 8.48. The summed E-state index contributed by atoms with van der Waals surface area (Å²) < 4.78 is 0. The molecule has 3 heteroatoms. The number of hydrogen-bond acceptors (Lipinski definition) is 3. The largest absolute Gasteiger partial charge is 0.353 e. The first kappa shape index (κ1) is 12.5. The van der Waals surface area contributed by atoms with Crippen LogP contribution in [0.2, 0.25) is 0 Å². The number of pyridine rings is 1. The minimum atomic E-state index is 0.587. The summed E-state index contributed by atoms with van der Waals surface area (Å²) in [4.78, 5) is 7.21. The fourth-order valence-corrected chi connectivity index (χ4v) is 3.56. The van der Waals surface area contributed by atoms with E-state index in [1.54, 1.807) is 0 Å². The van der Waals surface area contributed by atoms with E-state index < -0.39 is 0 Å². The molecule has 0 radical (unpaired) electrons. The number of anilines is 1. The molecular formula is C16H21N3. The summed E-state index contributed by atoms with van der Waals surface area (Å²) >= 11 is 0. The molecule has 1 heterocycles. The van der Waals surface area contributed by atoms with E-state index >= 15 is 0 Å². The van der Waals surface area contributed by atoms with Crippen LogP contribution in [0, 0.1) is 11.3 Å². The molecule has 0 atom stereocenters. The Morgan fingerprint density at radius 2 is 2.11 bits per heavy atom. The van der Waals surface area contributed by atoms with Gasteiger partial charge in [0, 0.05) is 18.3 Å². The molecule has 2 aliphatic carbocycles. The fourth-order valence-electron chi connectivity index (χ4n) is 3.56. The Hall–Kier alpha value is -1.56. The van der Waals surface area contributed by atoms with Crippen LogP contribution in [0.5, 0.6) is 0 Å².